The number of nitrogens with zero attached hydrogens (tertiary/aromatic N) is 2. The van der Waals surface area contributed by atoms with E-state index >= 15 is 0 Å². The second-order valence-corrected chi connectivity index (χ2v) is 5.42. The van der Waals surface area contributed by atoms with Crippen LogP contribution >= 0.6 is 11.3 Å². The molecular weight excluding hydrogens is 258 g/mol. The average molecular weight is 275 g/mol. The highest BCUT2D eigenvalue weighted by molar-refractivity contribution is 7.09. The summed E-state index contributed by atoms with van der Waals surface area (Å²) in [5.41, 5.74) is 0.605. The summed E-state index contributed by atoms with van der Waals surface area (Å²) in [6.07, 6.45) is 2.59. The van der Waals surface area contributed by atoms with E-state index in [1.54, 1.807) is 42.6 Å². The summed E-state index contributed by atoms with van der Waals surface area (Å²) in [5, 5.41) is 5.33. The molecule has 0 unspecified atom stereocenters. The van der Waals surface area contributed by atoms with Crippen molar-refractivity contribution in [1.82, 2.24) is 9.88 Å². The minimum Gasteiger partial charge on any atom is -0.370 e. The smallest absolute Gasteiger partial charge is 0.254 e. The van der Waals surface area contributed by atoms with E-state index in [4.69, 9.17) is 0 Å². The number of aromatic nitrogens is 1. The van der Waals surface area contributed by atoms with Gasteiger partial charge in [0.25, 0.3) is 5.91 Å². The Hall–Kier alpha value is -1.88. The van der Waals surface area contributed by atoms with Crippen molar-refractivity contribution in [3.8, 4) is 0 Å². The second kappa shape index (κ2) is 6.33. The van der Waals surface area contributed by atoms with Crippen LogP contribution in [0.25, 0.3) is 0 Å². The Kier molecular flexibility index (Phi) is 4.52. The van der Waals surface area contributed by atoms with Crippen LogP contribution in [0.15, 0.2) is 35.8 Å². The number of thiophene rings is 1. The van der Waals surface area contributed by atoms with E-state index in [-0.39, 0.29) is 5.91 Å². The molecule has 0 fully saturated rings. The summed E-state index contributed by atoms with van der Waals surface area (Å²) >= 11 is 1.76. The molecule has 2 aromatic rings. The maximum Gasteiger partial charge on any atom is 0.254 e. The molecule has 4 nitrogen and oxygen atoms in total. The minimum absolute atomic E-state index is 0.0300. The Labute approximate surface area is 117 Å². The van der Waals surface area contributed by atoms with Crippen LogP contribution in [-0.4, -0.2) is 36.4 Å². The van der Waals surface area contributed by atoms with Gasteiger partial charge in [0.2, 0.25) is 0 Å². The summed E-state index contributed by atoms with van der Waals surface area (Å²) in [6, 6.07) is 7.81. The van der Waals surface area contributed by atoms with Gasteiger partial charge in [0.05, 0.1) is 5.56 Å². The molecule has 2 aromatic heterocycles. The van der Waals surface area contributed by atoms with Gasteiger partial charge in [0.15, 0.2) is 0 Å². The van der Waals surface area contributed by atoms with Crippen LogP contribution in [0.4, 0.5) is 5.82 Å². The lowest BCUT2D eigenvalue weighted by atomic mass is 10.2. The predicted molar refractivity (Wildman–Crippen MR) is 78.8 cm³/mol. The van der Waals surface area contributed by atoms with Crippen LogP contribution in [0.1, 0.15) is 15.2 Å². The molecule has 2 rings (SSSR count). The Morgan fingerprint density at radius 1 is 1.37 bits per heavy atom. The van der Waals surface area contributed by atoms with E-state index in [0.717, 1.165) is 18.8 Å². The summed E-state index contributed by atoms with van der Waals surface area (Å²) in [4.78, 5) is 18.8. The van der Waals surface area contributed by atoms with Crippen LogP contribution in [0, 0.1) is 0 Å². The molecule has 19 heavy (non-hydrogen) atoms. The third-order valence-electron chi connectivity index (χ3n) is 2.67. The van der Waals surface area contributed by atoms with E-state index in [1.165, 1.54) is 4.88 Å². The van der Waals surface area contributed by atoms with Crippen LogP contribution < -0.4 is 5.32 Å². The Morgan fingerprint density at radius 2 is 2.21 bits per heavy atom. The fourth-order valence-corrected chi connectivity index (χ4v) is 2.36. The van der Waals surface area contributed by atoms with Crippen LogP contribution in [0.3, 0.4) is 0 Å². The maximum atomic E-state index is 11.7. The van der Waals surface area contributed by atoms with Gasteiger partial charge in [0, 0.05) is 31.7 Å². The molecule has 0 saturated heterocycles. The second-order valence-electron chi connectivity index (χ2n) is 4.39. The summed E-state index contributed by atoms with van der Waals surface area (Å²) in [5.74, 6) is 0.768. The SMILES string of the molecule is CN(C)C(=O)c1ccc(NCCc2cccs2)nc1. The van der Waals surface area contributed by atoms with Crippen LogP contribution in [0.2, 0.25) is 0 Å². The van der Waals surface area contributed by atoms with Crippen molar-refractivity contribution >= 4 is 23.1 Å². The summed E-state index contributed by atoms with van der Waals surface area (Å²) in [6.45, 7) is 0.842. The molecule has 0 bridgehead atoms. The zero-order valence-electron chi connectivity index (χ0n) is 11.1. The molecule has 5 heteroatoms. The first-order valence-electron chi connectivity index (χ1n) is 6.11. The molecule has 0 atom stereocenters. The number of carbonyl (C=O) groups excluding carboxylic acids is 1. The molecule has 0 aliphatic heterocycles. The first kappa shape index (κ1) is 13.5. The average Bonchev–Trinajstić information content (AvgIpc) is 2.92. The van der Waals surface area contributed by atoms with E-state index < -0.39 is 0 Å². The molecule has 0 spiro atoms. The number of carbonyl (C=O) groups is 1. The first-order chi connectivity index (χ1) is 9.16. The van der Waals surface area contributed by atoms with Gasteiger partial charge in [-0.2, -0.15) is 0 Å². The molecule has 1 amide bonds. The summed E-state index contributed by atoms with van der Waals surface area (Å²) in [7, 11) is 3.46. The molecule has 0 aliphatic rings. The van der Waals surface area contributed by atoms with Gasteiger partial charge in [-0.3, -0.25) is 4.79 Å². The van der Waals surface area contributed by atoms with Crippen molar-refractivity contribution in [3.63, 3.8) is 0 Å². The largest absolute Gasteiger partial charge is 0.370 e. The molecular formula is C14H17N3OS. The van der Waals surface area contributed by atoms with Crippen molar-refractivity contribution in [3.05, 3.63) is 46.3 Å². The lowest BCUT2D eigenvalue weighted by Crippen LogP contribution is -2.21. The topological polar surface area (TPSA) is 45.2 Å². The zero-order chi connectivity index (χ0) is 13.7. The Balaban J connectivity index is 1.86. The first-order valence-corrected chi connectivity index (χ1v) is 6.99. The van der Waals surface area contributed by atoms with Gasteiger partial charge >= 0.3 is 0 Å². The van der Waals surface area contributed by atoms with E-state index in [0.29, 0.717) is 5.56 Å². The van der Waals surface area contributed by atoms with Gasteiger partial charge in [-0.25, -0.2) is 4.98 Å². The third-order valence-corrected chi connectivity index (χ3v) is 3.61. The third kappa shape index (κ3) is 3.79. The number of rotatable bonds is 5. The fourth-order valence-electron chi connectivity index (χ4n) is 1.65. The Morgan fingerprint density at radius 3 is 2.79 bits per heavy atom. The van der Waals surface area contributed by atoms with E-state index in [9.17, 15) is 4.79 Å². The molecule has 2 heterocycles. The highest BCUT2D eigenvalue weighted by Crippen LogP contribution is 2.10. The maximum absolute atomic E-state index is 11.7. The quantitative estimate of drug-likeness (QED) is 0.912. The van der Waals surface area contributed by atoms with E-state index in [1.807, 2.05) is 6.07 Å². The van der Waals surface area contributed by atoms with Crippen molar-refractivity contribution < 1.29 is 4.79 Å². The van der Waals surface area contributed by atoms with Gasteiger partial charge < -0.3 is 10.2 Å². The summed E-state index contributed by atoms with van der Waals surface area (Å²) < 4.78 is 0. The molecule has 1 N–H and O–H groups in total. The molecule has 0 aromatic carbocycles. The van der Waals surface area contributed by atoms with Crippen LogP contribution in [0.5, 0.6) is 0 Å². The van der Waals surface area contributed by atoms with Gasteiger partial charge in [-0.15, -0.1) is 11.3 Å². The number of hydrogen-bond donors (Lipinski definition) is 1. The zero-order valence-corrected chi connectivity index (χ0v) is 11.9. The Bertz CT molecular complexity index is 520. The minimum atomic E-state index is -0.0300. The van der Waals surface area contributed by atoms with E-state index in [2.05, 4.69) is 27.8 Å². The standard InChI is InChI=1S/C14H17N3OS/c1-17(2)14(18)11-5-6-13(16-10-11)15-8-7-12-4-3-9-19-12/h3-6,9-10H,7-8H2,1-2H3,(H,15,16). The molecule has 0 saturated carbocycles. The molecule has 0 radical (unpaired) electrons. The molecule has 100 valence electrons. The normalized spacial score (nSPS) is 10.2. The number of nitrogens with one attached hydrogen (secondary N) is 1. The monoisotopic (exact) mass is 275 g/mol. The van der Waals surface area contributed by atoms with Crippen LogP contribution in [-0.2, 0) is 6.42 Å². The predicted octanol–water partition coefficient (Wildman–Crippen LogP) is 2.50. The number of amides is 1. The lowest BCUT2D eigenvalue weighted by Gasteiger charge is -2.10. The highest BCUT2D eigenvalue weighted by Gasteiger charge is 2.07. The van der Waals surface area contributed by atoms with Gasteiger partial charge in [0.1, 0.15) is 5.82 Å². The van der Waals surface area contributed by atoms with Crippen molar-refractivity contribution in [1.29, 1.82) is 0 Å². The van der Waals surface area contributed by atoms with Crippen molar-refractivity contribution in [2.45, 2.75) is 6.42 Å². The van der Waals surface area contributed by atoms with Gasteiger partial charge in [-0.1, -0.05) is 6.07 Å². The number of anilines is 1. The lowest BCUT2D eigenvalue weighted by molar-refractivity contribution is 0.0827. The van der Waals surface area contributed by atoms with Gasteiger partial charge in [-0.05, 0) is 30.0 Å². The number of pyridine rings is 1. The highest BCUT2D eigenvalue weighted by atomic mass is 32.1. The number of hydrogen-bond acceptors (Lipinski definition) is 4. The van der Waals surface area contributed by atoms with Crippen molar-refractivity contribution in [2.24, 2.45) is 0 Å². The molecule has 0 aliphatic carbocycles. The van der Waals surface area contributed by atoms with Crippen molar-refractivity contribution in [2.75, 3.05) is 26.0 Å². The fraction of sp³-hybridized carbons (Fsp3) is 0.286.